The molecule has 1 fully saturated rings. The topological polar surface area (TPSA) is 95.9 Å². The molecule has 0 bridgehead atoms. The third kappa shape index (κ3) is 4.07. The molecule has 8 heteroatoms. The highest BCUT2D eigenvalue weighted by Crippen LogP contribution is 2.22. The molecule has 7 nitrogen and oxygen atoms in total. The van der Waals surface area contributed by atoms with Crippen molar-refractivity contribution in [1.82, 2.24) is 5.32 Å². The van der Waals surface area contributed by atoms with E-state index in [-0.39, 0.29) is 10.7 Å². The Hall–Kier alpha value is -3.52. The van der Waals surface area contributed by atoms with Gasteiger partial charge in [0.1, 0.15) is 11.3 Å². The number of thiocarbonyl (C=S) groups is 1. The average Bonchev–Trinajstić information content (AvgIpc) is 2.67. The summed E-state index contributed by atoms with van der Waals surface area (Å²) in [7, 11) is 0. The number of rotatable bonds is 5. The SMILES string of the molecule is CC(Oc1ccc(/C=C2/C(=O)NC(=S)N(c3ccccc3)C2=O)cc1)C(=O)O. The van der Waals surface area contributed by atoms with Crippen LogP contribution in [0.15, 0.2) is 60.2 Å². The van der Waals surface area contributed by atoms with Crippen LogP contribution in [0.4, 0.5) is 5.69 Å². The maximum Gasteiger partial charge on any atom is 0.344 e. The number of carboxylic acids is 1. The zero-order valence-corrected chi connectivity index (χ0v) is 15.6. The number of hydrogen-bond acceptors (Lipinski definition) is 5. The largest absolute Gasteiger partial charge is 0.479 e. The minimum Gasteiger partial charge on any atom is -0.479 e. The van der Waals surface area contributed by atoms with Crippen LogP contribution in [0.1, 0.15) is 12.5 Å². The molecule has 0 aromatic heterocycles. The molecule has 0 saturated carbocycles. The lowest BCUT2D eigenvalue weighted by atomic mass is 10.1. The number of carbonyl (C=O) groups excluding carboxylic acids is 2. The van der Waals surface area contributed by atoms with Gasteiger partial charge in [-0.2, -0.15) is 0 Å². The van der Waals surface area contributed by atoms with Crippen molar-refractivity contribution in [3.8, 4) is 5.75 Å². The van der Waals surface area contributed by atoms with Crippen LogP contribution in [0.5, 0.6) is 5.75 Å². The number of aliphatic carboxylic acids is 1. The van der Waals surface area contributed by atoms with Crippen molar-refractivity contribution in [3.05, 3.63) is 65.7 Å². The van der Waals surface area contributed by atoms with Crippen molar-refractivity contribution >= 4 is 46.9 Å². The summed E-state index contributed by atoms with van der Waals surface area (Å²) >= 11 is 5.14. The van der Waals surface area contributed by atoms with Gasteiger partial charge in [0.15, 0.2) is 11.2 Å². The van der Waals surface area contributed by atoms with Gasteiger partial charge in [-0.05, 0) is 55.0 Å². The van der Waals surface area contributed by atoms with Crippen LogP contribution in [0.2, 0.25) is 0 Å². The maximum absolute atomic E-state index is 12.9. The molecule has 2 N–H and O–H groups in total. The fourth-order valence-corrected chi connectivity index (χ4v) is 2.81. The van der Waals surface area contributed by atoms with Crippen molar-refractivity contribution in [3.63, 3.8) is 0 Å². The molecule has 0 spiro atoms. The van der Waals surface area contributed by atoms with Crippen LogP contribution < -0.4 is 15.0 Å². The lowest BCUT2D eigenvalue weighted by Crippen LogP contribution is -2.54. The van der Waals surface area contributed by atoms with Crippen LogP contribution in [-0.4, -0.2) is 34.1 Å². The van der Waals surface area contributed by atoms with Crippen molar-refractivity contribution in [2.24, 2.45) is 0 Å². The highest BCUT2D eigenvalue weighted by atomic mass is 32.1. The molecule has 2 amide bonds. The quantitative estimate of drug-likeness (QED) is 0.458. The number of carboxylic acid groups (broad SMARTS) is 1. The lowest BCUT2D eigenvalue weighted by Gasteiger charge is -2.28. The molecular formula is C20H16N2O5S. The molecule has 1 aliphatic rings. The zero-order valence-electron chi connectivity index (χ0n) is 14.8. The fraction of sp³-hybridized carbons (Fsp3) is 0.100. The summed E-state index contributed by atoms with van der Waals surface area (Å²) < 4.78 is 5.26. The first kappa shape index (κ1) is 19.2. The van der Waals surface area contributed by atoms with Crippen LogP contribution in [0.3, 0.4) is 0 Å². The summed E-state index contributed by atoms with van der Waals surface area (Å²) in [5.74, 6) is -1.82. The number of ether oxygens (including phenoxy) is 1. The summed E-state index contributed by atoms with van der Waals surface area (Å²) in [5, 5.41) is 11.4. The van der Waals surface area contributed by atoms with Crippen molar-refractivity contribution in [2.45, 2.75) is 13.0 Å². The number of para-hydroxylation sites is 1. The number of hydrogen-bond donors (Lipinski definition) is 2. The van der Waals surface area contributed by atoms with Crippen molar-refractivity contribution < 1.29 is 24.2 Å². The minimum absolute atomic E-state index is 0.0183. The Labute approximate surface area is 166 Å². The minimum atomic E-state index is -1.08. The summed E-state index contributed by atoms with van der Waals surface area (Å²) in [6, 6.07) is 15.2. The molecule has 28 heavy (non-hydrogen) atoms. The van der Waals surface area contributed by atoms with Gasteiger partial charge in [-0.1, -0.05) is 30.3 Å². The molecule has 1 unspecified atom stereocenters. The van der Waals surface area contributed by atoms with Gasteiger partial charge in [0.2, 0.25) is 0 Å². The van der Waals surface area contributed by atoms with Crippen LogP contribution >= 0.6 is 12.2 Å². The number of nitrogens with zero attached hydrogens (tertiary/aromatic N) is 1. The van der Waals surface area contributed by atoms with Gasteiger partial charge in [-0.3, -0.25) is 19.8 Å². The van der Waals surface area contributed by atoms with Crippen LogP contribution in [-0.2, 0) is 14.4 Å². The van der Waals surface area contributed by atoms with Crippen LogP contribution in [0.25, 0.3) is 6.08 Å². The summed E-state index contributed by atoms with van der Waals surface area (Å²) in [5.41, 5.74) is 1.06. The first-order valence-corrected chi connectivity index (χ1v) is 8.73. The number of nitrogens with one attached hydrogen (secondary N) is 1. The maximum atomic E-state index is 12.9. The van der Waals surface area contributed by atoms with E-state index < -0.39 is 23.9 Å². The van der Waals surface area contributed by atoms with Gasteiger partial charge >= 0.3 is 5.97 Å². The molecule has 1 heterocycles. The van der Waals surface area contributed by atoms with E-state index in [2.05, 4.69) is 5.32 Å². The zero-order chi connectivity index (χ0) is 20.3. The predicted molar refractivity (Wildman–Crippen MR) is 107 cm³/mol. The Kier molecular flexibility index (Phi) is 5.51. The highest BCUT2D eigenvalue weighted by molar-refractivity contribution is 7.80. The molecule has 1 saturated heterocycles. The van der Waals surface area contributed by atoms with E-state index in [0.29, 0.717) is 17.0 Å². The molecule has 2 aromatic rings. The summed E-state index contributed by atoms with van der Waals surface area (Å²) in [6.07, 6.45) is 0.454. The molecule has 2 aromatic carbocycles. The Balaban J connectivity index is 1.86. The third-order valence-corrected chi connectivity index (χ3v) is 4.25. The van der Waals surface area contributed by atoms with Gasteiger partial charge in [-0.15, -0.1) is 0 Å². The van der Waals surface area contributed by atoms with Crippen molar-refractivity contribution in [2.75, 3.05) is 4.90 Å². The highest BCUT2D eigenvalue weighted by Gasteiger charge is 2.34. The second-order valence-corrected chi connectivity index (χ2v) is 6.35. The summed E-state index contributed by atoms with van der Waals surface area (Å²) in [4.78, 5) is 37.2. The number of carbonyl (C=O) groups is 3. The molecular weight excluding hydrogens is 380 g/mol. The Bertz CT molecular complexity index is 970. The smallest absolute Gasteiger partial charge is 0.344 e. The van der Waals surface area contributed by atoms with Crippen molar-refractivity contribution in [1.29, 1.82) is 0 Å². The molecule has 0 aliphatic carbocycles. The molecule has 1 atom stereocenters. The Morgan fingerprint density at radius 2 is 1.79 bits per heavy atom. The first-order chi connectivity index (χ1) is 13.4. The average molecular weight is 396 g/mol. The van der Waals surface area contributed by atoms with E-state index >= 15 is 0 Å². The second-order valence-electron chi connectivity index (χ2n) is 5.96. The van der Waals surface area contributed by atoms with Gasteiger partial charge in [0, 0.05) is 0 Å². The van der Waals surface area contributed by atoms with E-state index in [1.807, 2.05) is 6.07 Å². The second kappa shape index (κ2) is 8.01. The Morgan fingerprint density at radius 3 is 2.39 bits per heavy atom. The standard InChI is InChI=1S/C20H16N2O5S/c1-12(19(25)26)27-15-9-7-13(8-10-15)11-16-17(23)21-20(28)22(18(16)24)14-5-3-2-4-6-14/h2-12H,1H3,(H,25,26)(H,21,23,28)/b16-11-. The third-order valence-electron chi connectivity index (χ3n) is 3.97. The monoisotopic (exact) mass is 396 g/mol. The lowest BCUT2D eigenvalue weighted by molar-refractivity contribution is -0.144. The number of anilines is 1. The number of benzene rings is 2. The molecule has 142 valence electrons. The Morgan fingerprint density at radius 1 is 1.14 bits per heavy atom. The van der Waals surface area contributed by atoms with E-state index in [0.717, 1.165) is 0 Å². The normalized spacial score (nSPS) is 16.7. The van der Waals surface area contributed by atoms with Crippen LogP contribution in [0, 0.1) is 0 Å². The molecule has 0 radical (unpaired) electrons. The van der Waals surface area contributed by atoms with E-state index in [1.54, 1.807) is 48.5 Å². The fourth-order valence-electron chi connectivity index (χ4n) is 2.53. The van der Waals surface area contributed by atoms with Gasteiger partial charge < -0.3 is 9.84 Å². The van der Waals surface area contributed by atoms with E-state index in [1.165, 1.54) is 17.9 Å². The number of amides is 2. The molecule has 3 rings (SSSR count). The van der Waals surface area contributed by atoms with Gasteiger partial charge in [0.05, 0.1) is 5.69 Å². The van der Waals surface area contributed by atoms with E-state index in [9.17, 15) is 14.4 Å². The first-order valence-electron chi connectivity index (χ1n) is 8.33. The van der Waals surface area contributed by atoms with Gasteiger partial charge in [-0.25, -0.2) is 4.79 Å². The summed E-state index contributed by atoms with van der Waals surface area (Å²) in [6.45, 7) is 1.42. The van der Waals surface area contributed by atoms with Gasteiger partial charge in [0.25, 0.3) is 11.8 Å². The molecule has 1 aliphatic heterocycles. The van der Waals surface area contributed by atoms with E-state index in [4.69, 9.17) is 22.1 Å². The predicted octanol–water partition coefficient (Wildman–Crippen LogP) is 2.37.